The predicted molar refractivity (Wildman–Crippen MR) is 116 cm³/mol. The molecule has 0 bridgehead atoms. The third-order valence-corrected chi connectivity index (χ3v) is 4.93. The van der Waals surface area contributed by atoms with Gasteiger partial charge in [-0.3, -0.25) is 4.79 Å². The van der Waals surface area contributed by atoms with Crippen LogP contribution >= 0.6 is 0 Å². The van der Waals surface area contributed by atoms with E-state index in [0.717, 1.165) is 12.1 Å². The van der Waals surface area contributed by atoms with Gasteiger partial charge in [0.15, 0.2) is 0 Å². The van der Waals surface area contributed by atoms with Crippen LogP contribution in [0, 0.1) is 18.6 Å². The molecule has 4 aromatic rings. The molecule has 0 unspecified atom stereocenters. The molecule has 168 valence electrons. The van der Waals surface area contributed by atoms with Gasteiger partial charge in [-0.05, 0) is 55.5 Å². The van der Waals surface area contributed by atoms with Gasteiger partial charge in [-0.1, -0.05) is 6.07 Å². The number of aryl methyl sites for hydroxylation is 1. The minimum atomic E-state index is -0.709. The van der Waals surface area contributed by atoms with Crippen LogP contribution in [-0.4, -0.2) is 13.1 Å². The molecule has 0 aliphatic heterocycles. The summed E-state index contributed by atoms with van der Waals surface area (Å²) in [7, 11) is 1.28. The molecule has 0 fully saturated rings. The Morgan fingerprint density at radius 3 is 2.30 bits per heavy atom. The van der Waals surface area contributed by atoms with Gasteiger partial charge in [-0.2, -0.15) is 0 Å². The van der Waals surface area contributed by atoms with Gasteiger partial charge in [0, 0.05) is 6.07 Å². The fourth-order valence-corrected chi connectivity index (χ4v) is 3.20. The third kappa shape index (κ3) is 4.55. The van der Waals surface area contributed by atoms with E-state index in [4.69, 9.17) is 13.9 Å². The fraction of sp³-hybridized carbons (Fsp3) is 0.120. The number of fused-ring (bicyclic) bond motifs is 1. The van der Waals surface area contributed by atoms with Crippen LogP contribution in [0.2, 0.25) is 0 Å². The van der Waals surface area contributed by atoms with Gasteiger partial charge in [-0.25, -0.2) is 13.6 Å². The third-order valence-electron chi connectivity index (χ3n) is 4.93. The highest BCUT2D eigenvalue weighted by molar-refractivity contribution is 5.89. The van der Waals surface area contributed by atoms with Crippen LogP contribution in [0.3, 0.4) is 0 Å². The maximum absolute atomic E-state index is 13.8. The number of esters is 1. The summed E-state index contributed by atoms with van der Waals surface area (Å²) in [6.07, 6.45) is 0. The summed E-state index contributed by atoms with van der Waals surface area (Å²) < 4.78 is 49.2. The van der Waals surface area contributed by atoms with Crippen molar-refractivity contribution in [1.29, 1.82) is 0 Å². The average Bonchev–Trinajstić information content (AvgIpc) is 2.81. The Morgan fingerprint density at radius 1 is 0.970 bits per heavy atom. The molecule has 0 atom stereocenters. The fourth-order valence-electron chi connectivity index (χ4n) is 3.20. The van der Waals surface area contributed by atoms with E-state index in [-0.39, 0.29) is 40.4 Å². The molecule has 1 heterocycles. The molecule has 0 N–H and O–H groups in total. The lowest BCUT2D eigenvalue weighted by Crippen LogP contribution is -2.08. The van der Waals surface area contributed by atoms with E-state index in [1.54, 1.807) is 6.92 Å². The van der Waals surface area contributed by atoms with Crippen molar-refractivity contribution in [2.45, 2.75) is 13.5 Å². The van der Waals surface area contributed by atoms with Gasteiger partial charge in [-0.15, -0.1) is 0 Å². The summed E-state index contributed by atoms with van der Waals surface area (Å²) in [5, 5.41) is 0.242. The Morgan fingerprint density at radius 2 is 1.64 bits per heavy atom. The van der Waals surface area contributed by atoms with Crippen molar-refractivity contribution in [2.75, 3.05) is 7.11 Å². The number of ether oxygens (including phenoxy) is 3. The number of benzene rings is 3. The van der Waals surface area contributed by atoms with E-state index in [1.807, 2.05) is 0 Å². The molecule has 8 heteroatoms. The van der Waals surface area contributed by atoms with E-state index in [9.17, 15) is 18.4 Å². The van der Waals surface area contributed by atoms with Crippen molar-refractivity contribution >= 4 is 16.9 Å². The van der Waals surface area contributed by atoms with Crippen LogP contribution in [0.15, 0.2) is 69.9 Å². The van der Waals surface area contributed by atoms with E-state index in [0.29, 0.717) is 11.3 Å². The number of hydrogen-bond acceptors (Lipinski definition) is 6. The molecule has 0 spiro atoms. The summed E-state index contributed by atoms with van der Waals surface area (Å²) in [5.74, 6) is -1.07. The van der Waals surface area contributed by atoms with Gasteiger partial charge < -0.3 is 18.6 Å². The van der Waals surface area contributed by atoms with Gasteiger partial charge >= 0.3 is 5.97 Å². The highest BCUT2D eigenvalue weighted by Crippen LogP contribution is 2.28. The second-order valence-electron chi connectivity index (χ2n) is 7.08. The lowest BCUT2D eigenvalue weighted by molar-refractivity contribution is 0.0600. The van der Waals surface area contributed by atoms with E-state index >= 15 is 0 Å². The summed E-state index contributed by atoms with van der Waals surface area (Å²) in [4.78, 5) is 24.5. The molecule has 0 aliphatic carbocycles. The van der Waals surface area contributed by atoms with Crippen molar-refractivity contribution in [3.8, 4) is 17.2 Å². The first kappa shape index (κ1) is 22.0. The highest BCUT2D eigenvalue weighted by Gasteiger charge is 2.16. The quantitative estimate of drug-likeness (QED) is 0.358. The number of halogens is 2. The molecule has 3 aromatic carbocycles. The molecule has 33 heavy (non-hydrogen) atoms. The maximum Gasteiger partial charge on any atom is 0.337 e. The van der Waals surface area contributed by atoms with Crippen LogP contribution in [-0.2, 0) is 11.3 Å². The summed E-state index contributed by atoms with van der Waals surface area (Å²) in [6.45, 7) is 1.25. The van der Waals surface area contributed by atoms with E-state index < -0.39 is 23.0 Å². The average molecular weight is 452 g/mol. The first-order chi connectivity index (χ1) is 15.9. The zero-order valence-corrected chi connectivity index (χ0v) is 17.7. The standard InChI is InChI=1S/C25H18F2O6/c1-14-24(33-16-8-6-15(7-9-16)25(29)30-2)23(28)18-11-10-17(12-22(18)32-14)31-13-19-20(26)4-3-5-21(19)27/h3-12H,13H2,1-2H3. The smallest absolute Gasteiger partial charge is 0.337 e. The number of carbonyl (C=O) groups is 1. The zero-order chi connectivity index (χ0) is 23.5. The SMILES string of the molecule is COC(=O)c1ccc(Oc2c(C)oc3cc(OCc4c(F)cccc4F)ccc3c2=O)cc1. The van der Waals surface area contributed by atoms with Crippen LogP contribution in [0.1, 0.15) is 21.7 Å². The second kappa shape index (κ2) is 9.12. The Kier molecular flexibility index (Phi) is 6.08. The normalized spacial score (nSPS) is 10.8. The maximum atomic E-state index is 13.8. The molecule has 6 nitrogen and oxygen atoms in total. The molecule has 0 aliphatic rings. The molecule has 0 saturated heterocycles. The number of rotatable bonds is 6. The molecule has 0 saturated carbocycles. The largest absolute Gasteiger partial charge is 0.489 e. The lowest BCUT2D eigenvalue weighted by Gasteiger charge is -2.11. The van der Waals surface area contributed by atoms with Gasteiger partial charge in [0.2, 0.25) is 11.2 Å². The first-order valence-electron chi connectivity index (χ1n) is 9.86. The highest BCUT2D eigenvalue weighted by atomic mass is 19.1. The van der Waals surface area contributed by atoms with Crippen LogP contribution in [0.25, 0.3) is 11.0 Å². The van der Waals surface area contributed by atoms with Crippen molar-refractivity contribution < 1.29 is 32.2 Å². The Bertz CT molecular complexity index is 1370. The Balaban J connectivity index is 1.58. The predicted octanol–water partition coefficient (Wildman–Crippen LogP) is 5.54. The number of methoxy groups -OCH3 is 1. The van der Waals surface area contributed by atoms with Crippen molar-refractivity contribution in [3.63, 3.8) is 0 Å². The lowest BCUT2D eigenvalue weighted by atomic mass is 10.2. The summed E-state index contributed by atoms with van der Waals surface area (Å²) in [5.41, 5.74) is -0.0259. The van der Waals surface area contributed by atoms with Crippen molar-refractivity contribution in [3.05, 3.63) is 99.4 Å². The molecular weight excluding hydrogens is 434 g/mol. The molecule has 4 rings (SSSR count). The number of carbonyl (C=O) groups excluding carboxylic acids is 1. The summed E-state index contributed by atoms with van der Waals surface area (Å²) >= 11 is 0. The van der Waals surface area contributed by atoms with E-state index in [2.05, 4.69) is 4.74 Å². The molecule has 0 radical (unpaired) electrons. The molecular formula is C25H18F2O6. The van der Waals surface area contributed by atoms with Gasteiger partial charge in [0.05, 0.1) is 23.6 Å². The van der Waals surface area contributed by atoms with Gasteiger partial charge in [0.25, 0.3) is 0 Å². The molecule has 1 aromatic heterocycles. The van der Waals surface area contributed by atoms with Crippen molar-refractivity contribution in [1.82, 2.24) is 0 Å². The monoisotopic (exact) mass is 452 g/mol. The Labute approximate surface area is 186 Å². The van der Waals surface area contributed by atoms with Crippen LogP contribution in [0.4, 0.5) is 8.78 Å². The van der Waals surface area contributed by atoms with Crippen LogP contribution < -0.4 is 14.9 Å². The minimum absolute atomic E-state index is 0.00425. The topological polar surface area (TPSA) is 75.0 Å². The van der Waals surface area contributed by atoms with Gasteiger partial charge in [0.1, 0.15) is 41.1 Å². The second-order valence-corrected chi connectivity index (χ2v) is 7.08. The zero-order valence-electron chi connectivity index (χ0n) is 17.7. The van der Waals surface area contributed by atoms with Crippen LogP contribution in [0.5, 0.6) is 17.2 Å². The molecule has 0 amide bonds. The number of hydrogen-bond donors (Lipinski definition) is 0. The van der Waals surface area contributed by atoms with E-state index in [1.165, 1.54) is 55.6 Å². The summed E-state index contributed by atoms with van der Waals surface area (Å²) in [6, 6.07) is 14.1. The Hall–Kier alpha value is -4.20. The minimum Gasteiger partial charge on any atom is -0.489 e. The van der Waals surface area contributed by atoms with Crippen molar-refractivity contribution in [2.24, 2.45) is 0 Å². The first-order valence-corrected chi connectivity index (χ1v) is 9.86.